The Morgan fingerprint density at radius 2 is 1.72 bits per heavy atom. The molecule has 9 nitrogen and oxygen atoms in total. The van der Waals surface area contributed by atoms with Crippen molar-refractivity contribution >= 4 is 51.0 Å². The van der Waals surface area contributed by atoms with E-state index < -0.39 is 22.5 Å². The fourth-order valence-corrected chi connectivity index (χ4v) is 4.06. The van der Waals surface area contributed by atoms with Gasteiger partial charge in [-0.05, 0) is 67.1 Å². The quantitative estimate of drug-likeness (QED) is 0.308. The lowest BCUT2D eigenvalue weighted by Gasteiger charge is -2.21. The summed E-state index contributed by atoms with van der Waals surface area (Å²) >= 11 is 5.90. The van der Waals surface area contributed by atoms with Crippen LogP contribution in [0.1, 0.15) is 11.1 Å². The number of halogens is 1. The summed E-state index contributed by atoms with van der Waals surface area (Å²) in [7, 11) is -3.67. The molecule has 0 fully saturated rings. The molecule has 36 heavy (non-hydrogen) atoms. The molecule has 11 heteroatoms. The molecule has 0 heterocycles. The van der Waals surface area contributed by atoms with Crippen molar-refractivity contribution in [3.63, 3.8) is 0 Å². The van der Waals surface area contributed by atoms with Crippen LogP contribution >= 0.6 is 11.6 Å². The minimum Gasteiger partial charge on any atom is -0.484 e. The van der Waals surface area contributed by atoms with Crippen LogP contribution < -0.4 is 19.8 Å². The Morgan fingerprint density at radius 3 is 2.36 bits per heavy atom. The van der Waals surface area contributed by atoms with Crippen molar-refractivity contribution in [2.75, 3.05) is 29.0 Å². The van der Waals surface area contributed by atoms with Gasteiger partial charge < -0.3 is 10.1 Å². The number of nitrogens with one attached hydrogen (secondary N) is 2. The second-order valence-electron chi connectivity index (χ2n) is 7.81. The minimum absolute atomic E-state index is 0.187. The van der Waals surface area contributed by atoms with Crippen molar-refractivity contribution in [3.05, 3.63) is 88.9 Å². The van der Waals surface area contributed by atoms with E-state index in [1.165, 1.54) is 6.21 Å². The van der Waals surface area contributed by atoms with E-state index >= 15 is 0 Å². The summed E-state index contributed by atoms with van der Waals surface area (Å²) in [5, 5.41) is 7.08. The number of sulfonamides is 1. The van der Waals surface area contributed by atoms with Gasteiger partial charge in [-0.1, -0.05) is 35.4 Å². The first kappa shape index (κ1) is 26.7. The van der Waals surface area contributed by atoms with Gasteiger partial charge in [0.05, 0.1) is 18.2 Å². The lowest BCUT2D eigenvalue weighted by molar-refractivity contribution is -0.119. The Kier molecular flexibility index (Phi) is 9.04. The SMILES string of the molecule is Cc1ccc(N(CC(=O)N/N=C\c2ccc(OCC(=O)Nc3cccc(Cl)c3)cc2)S(C)(=O)=O)cc1. The third kappa shape index (κ3) is 8.40. The molecule has 2 N–H and O–H groups in total. The van der Waals surface area contributed by atoms with Gasteiger partial charge in [-0.3, -0.25) is 13.9 Å². The Morgan fingerprint density at radius 1 is 1.03 bits per heavy atom. The molecule has 0 bridgehead atoms. The molecule has 0 saturated heterocycles. The van der Waals surface area contributed by atoms with E-state index in [4.69, 9.17) is 16.3 Å². The van der Waals surface area contributed by atoms with Gasteiger partial charge in [0.25, 0.3) is 11.8 Å². The van der Waals surface area contributed by atoms with Crippen molar-refractivity contribution < 1.29 is 22.7 Å². The molecule has 3 aromatic carbocycles. The molecular weight excluding hydrogens is 504 g/mol. The number of amides is 2. The molecule has 0 saturated carbocycles. The van der Waals surface area contributed by atoms with Crippen LogP contribution in [-0.4, -0.2) is 45.9 Å². The maximum Gasteiger partial charge on any atom is 0.262 e. The first-order valence-electron chi connectivity index (χ1n) is 10.7. The highest BCUT2D eigenvalue weighted by Crippen LogP contribution is 2.18. The molecular formula is C25H25ClN4O5S. The smallest absolute Gasteiger partial charge is 0.262 e. The minimum atomic E-state index is -3.67. The van der Waals surface area contributed by atoms with Crippen LogP contribution in [0.5, 0.6) is 5.75 Å². The van der Waals surface area contributed by atoms with E-state index in [0.717, 1.165) is 16.1 Å². The highest BCUT2D eigenvalue weighted by Gasteiger charge is 2.20. The molecule has 0 spiro atoms. The van der Waals surface area contributed by atoms with Gasteiger partial charge in [0.15, 0.2) is 6.61 Å². The molecule has 188 valence electrons. The first-order chi connectivity index (χ1) is 17.1. The van der Waals surface area contributed by atoms with Crippen LogP contribution in [0.3, 0.4) is 0 Å². The van der Waals surface area contributed by atoms with Gasteiger partial charge in [0.1, 0.15) is 12.3 Å². The number of hydrogen-bond donors (Lipinski definition) is 2. The second kappa shape index (κ2) is 12.2. The standard InChI is InChI=1S/C25H25ClN4O5S/c1-18-6-10-22(11-7-18)30(36(2,33)34)16-24(31)29-27-15-19-8-12-23(13-9-19)35-17-25(32)28-21-5-3-4-20(26)14-21/h3-15H,16-17H2,1-2H3,(H,28,32)(H,29,31)/b27-15-. The number of carbonyl (C=O) groups excluding carboxylic acids is 2. The van der Waals surface area contributed by atoms with Crippen molar-refractivity contribution in [1.82, 2.24) is 5.43 Å². The predicted molar refractivity (Wildman–Crippen MR) is 141 cm³/mol. The number of hydrazone groups is 1. The summed E-state index contributed by atoms with van der Waals surface area (Å²) in [5.41, 5.74) is 4.92. The van der Waals surface area contributed by atoms with E-state index in [0.29, 0.717) is 27.7 Å². The molecule has 0 aliphatic carbocycles. The van der Waals surface area contributed by atoms with E-state index in [1.54, 1.807) is 72.8 Å². The third-order valence-electron chi connectivity index (χ3n) is 4.77. The van der Waals surface area contributed by atoms with E-state index in [9.17, 15) is 18.0 Å². The average molecular weight is 529 g/mol. The summed E-state index contributed by atoms with van der Waals surface area (Å²) in [5.74, 6) is -0.457. The number of rotatable bonds is 10. The predicted octanol–water partition coefficient (Wildman–Crippen LogP) is 3.58. The van der Waals surface area contributed by atoms with Gasteiger partial charge in [-0.25, -0.2) is 13.8 Å². The number of aryl methyl sites for hydroxylation is 1. The summed E-state index contributed by atoms with van der Waals surface area (Å²) < 4.78 is 30.8. The molecule has 0 aromatic heterocycles. The number of hydrogen-bond acceptors (Lipinski definition) is 6. The van der Waals surface area contributed by atoms with Crippen molar-refractivity contribution in [3.8, 4) is 5.75 Å². The van der Waals surface area contributed by atoms with Crippen LogP contribution in [-0.2, 0) is 19.6 Å². The van der Waals surface area contributed by atoms with E-state index in [2.05, 4.69) is 15.8 Å². The Bertz CT molecular complexity index is 1340. The van der Waals surface area contributed by atoms with Crippen LogP contribution in [0.15, 0.2) is 77.9 Å². The van der Waals surface area contributed by atoms with E-state index in [-0.39, 0.29) is 12.5 Å². The van der Waals surface area contributed by atoms with Gasteiger partial charge in [-0.15, -0.1) is 0 Å². The fourth-order valence-electron chi connectivity index (χ4n) is 3.02. The highest BCUT2D eigenvalue weighted by molar-refractivity contribution is 7.92. The Labute approximate surface area is 214 Å². The zero-order valence-corrected chi connectivity index (χ0v) is 21.2. The van der Waals surface area contributed by atoms with Crippen LogP contribution in [0.2, 0.25) is 5.02 Å². The number of benzene rings is 3. The molecule has 0 atom stereocenters. The Balaban J connectivity index is 1.49. The zero-order valence-electron chi connectivity index (χ0n) is 19.6. The number of ether oxygens (including phenoxy) is 1. The first-order valence-corrected chi connectivity index (χ1v) is 13.0. The van der Waals surface area contributed by atoms with Gasteiger partial charge in [0.2, 0.25) is 10.0 Å². The fraction of sp³-hybridized carbons (Fsp3) is 0.160. The lowest BCUT2D eigenvalue weighted by atomic mass is 10.2. The van der Waals surface area contributed by atoms with Crippen LogP contribution in [0.4, 0.5) is 11.4 Å². The lowest BCUT2D eigenvalue weighted by Crippen LogP contribution is -2.39. The van der Waals surface area contributed by atoms with Gasteiger partial charge >= 0.3 is 0 Å². The zero-order chi connectivity index (χ0) is 26.1. The number of anilines is 2. The average Bonchev–Trinajstić information content (AvgIpc) is 2.82. The molecule has 3 aromatic rings. The topological polar surface area (TPSA) is 117 Å². The van der Waals surface area contributed by atoms with Crippen molar-refractivity contribution in [2.45, 2.75) is 6.92 Å². The number of nitrogens with zero attached hydrogens (tertiary/aromatic N) is 2. The maximum atomic E-state index is 12.3. The summed E-state index contributed by atoms with van der Waals surface area (Å²) in [6.45, 7) is 1.28. The Hall–Kier alpha value is -3.89. The van der Waals surface area contributed by atoms with Crippen molar-refractivity contribution in [2.24, 2.45) is 5.10 Å². The monoisotopic (exact) mass is 528 g/mol. The highest BCUT2D eigenvalue weighted by atomic mass is 35.5. The largest absolute Gasteiger partial charge is 0.484 e. The molecule has 0 radical (unpaired) electrons. The second-order valence-corrected chi connectivity index (χ2v) is 10.2. The number of carbonyl (C=O) groups is 2. The maximum absolute atomic E-state index is 12.3. The molecule has 0 aliphatic heterocycles. The normalized spacial score (nSPS) is 11.2. The molecule has 2 amide bonds. The van der Waals surface area contributed by atoms with Crippen molar-refractivity contribution in [1.29, 1.82) is 0 Å². The third-order valence-corrected chi connectivity index (χ3v) is 6.15. The summed E-state index contributed by atoms with van der Waals surface area (Å²) in [6, 6.07) is 20.3. The summed E-state index contributed by atoms with van der Waals surface area (Å²) in [4.78, 5) is 24.3. The molecule has 3 rings (SSSR count). The van der Waals surface area contributed by atoms with Crippen LogP contribution in [0.25, 0.3) is 0 Å². The van der Waals surface area contributed by atoms with Gasteiger partial charge in [-0.2, -0.15) is 5.10 Å². The van der Waals surface area contributed by atoms with Gasteiger partial charge in [0, 0.05) is 10.7 Å². The molecule has 0 unspecified atom stereocenters. The summed E-state index contributed by atoms with van der Waals surface area (Å²) in [6.07, 6.45) is 2.44. The molecule has 0 aliphatic rings. The van der Waals surface area contributed by atoms with Crippen LogP contribution in [0, 0.1) is 6.92 Å². The van der Waals surface area contributed by atoms with E-state index in [1.807, 2.05) is 6.92 Å².